The number of halogens is 3. The van der Waals surface area contributed by atoms with Gasteiger partial charge in [-0.25, -0.2) is 4.79 Å². The molecule has 0 bridgehead atoms. The van der Waals surface area contributed by atoms with Crippen molar-refractivity contribution in [3.8, 4) is 28.6 Å². The number of aryl methyl sites for hydroxylation is 1. The predicted octanol–water partition coefficient (Wildman–Crippen LogP) is 8.46. The fourth-order valence-corrected chi connectivity index (χ4v) is 5.72. The molecule has 240 valence electrons. The topological polar surface area (TPSA) is 81.4 Å². The van der Waals surface area contributed by atoms with Gasteiger partial charge in [0.05, 0.1) is 26.3 Å². The summed E-state index contributed by atoms with van der Waals surface area (Å²) >= 11 is 1.56. The molecule has 1 aromatic heterocycles. The van der Waals surface area contributed by atoms with Gasteiger partial charge in [-0.15, -0.1) is 11.8 Å². The van der Waals surface area contributed by atoms with Crippen LogP contribution in [0, 0.1) is 6.92 Å². The lowest BCUT2D eigenvalue weighted by Crippen LogP contribution is -2.26. The molecular formula is C34H36F3NO6S. The van der Waals surface area contributed by atoms with Crippen molar-refractivity contribution in [2.75, 3.05) is 21.3 Å². The number of carboxylic acids is 1. The average molecular weight is 644 g/mol. The van der Waals surface area contributed by atoms with E-state index < -0.39 is 23.8 Å². The highest BCUT2D eigenvalue weighted by Crippen LogP contribution is 2.35. The summed E-state index contributed by atoms with van der Waals surface area (Å²) in [6, 6.07) is 18.0. The number of furan rings is 1. The van der Waals surface area contributed by atoms with Gasteiger partial charge in [-0.05, 0) is 80.1 Å². The first-order chi connectivity index (χ1) is 21.4. The number of alkyl halides is 3. The third-order valence-corrected chi connectivity index (χ3v) is 8.17. The van der Waals surface area contributed by atoms with Crippen molar-refractivity contribution in [2.45, 2.75) is 56.3 Å². The van der Waals surface area contributed by atoms with Crippen LogP contribution < -0.4 is 14.2 Å². The number of aliphatic carboxylic acids is 1. The number of thioether (sulfide) groups is 1. The van der Waals surface area contributed by atoms with E-state index >= 15 is 0 Å². The van der Waals surface area contributed by atoms with Crippen LogP contribution >= 0.6 is 11.8 Å². The highest BCUT2D eigenvalue weighted by atomic mass is 32.2. The van der Waals surface area contributed by atoms with E-state index in [4.69, 9.17) is 18.6 Å². The molecule has 0 saturated carbocycles. The molecule has 0 aliphatic heterocycles. The van der Waals surface area contributed by atoms with Crippen molar-refractivity contribution in [1.29, 1.82) is 0 Å². The first-order valence-corrected chi connectivity index (χ1v) is 15.2. The molecule has 0 radical (unpaired) electrons. The molecule has 0 amide bonds. The quantitative estimate of drug-likeness (QED) is 0.137. The van der Waals surface area contributed by atoms with Gasteiger partial charge in [-0.3, -0.25) is 4.90 Å². The molecule has 0 fully saturated rings. The molecule has 1 atom stereocenters. The summed E-state index contributed by atoms with van der Waals surface area (Å²) in [6.07, 6.45) is -5.01. The summed E-state index contributed by atoms with van der Waals surface area (Å²) in [7, 11) is 5.14. The number of hydrogen-bond donors (Lipinski definition) is 1. The molecule has 7 nitrogen and oxygen atoms in total. The van der Waals surface area contributed by atoms with Crippen molar-refractivity contribution >= 4 is 17.7 Å². The minimum absolute atomic E-state index is 0.343. The van der Waals surface area contributed by atoms with Crippen molar-refractivity contribution < 1.29 is 41.7 Å². The number of benzene rings is 3. The predicted molar refractivity (Wildman–Crippen MR) is 167 cm³/mol. The normalized spacial score (nSPS) is 12.3. The maximum atomic E-state index is 13.2. The number of methoxy groups -OCH3 is 2. The fraction of sp³-hybridized carbons (Fsp3) is 0.324. The Morgan fingerprint density at radius 2 is 1.64 bits per heavy atom. The monoisotopic (exact) mass is 643 g/mol. The van der Waals surface area contributed by atoms with E-state index in [0.29, 0.717) is 59.6 Å². The van der Waals surface area contributed by atoms with E-state index in [1.165, 1.54) is 12.1 Å². The number of rotatable bonds is 14. The number of carboxylic acid groups (broad SMARTS) is 1. The molecular weight excluding hydrogens is 607 g/mol. The summed E-state index contributed by atoms with van der Waals surface area (Å²) in [5, 5.41) is 9.34. The standard InChI is InChI=1S/C34H36F3NO6S/c1-6-29(33(39)40)43-30-12-11-28(13-21(30)2)45-20-24-16-31(23-7-9-25(10-8-23)34(35,36)37)44-32(24)19-38(3)18-22-14-26(41-4)17-27(15-22)42-5/h7-17,29H,6,18-20H2,1-5H3,(H,39,40). The van der Waals surface area contributed by atoms with Crippen LogP contribution in [0.15, 0.2) is 76.0 Å². The molecule has 4 rings (SSSR count). The van der Waals surface area contributed by atoms with Gasteiger partial charge in [0.25, 0.3) is 0 Å². The molecule has 45 heavy (non-hydrogen) atoms. The van der Waals surface area contributed by atoms with Crippen LogP contribution in [0.3, 0.4) is 0 Å². The number of carbonyl (C=O) groups is 1. The lowest BCUT2D eigenvalue weighted by atomic mass is 10.1. The van der Waals surface area contributed by atoms with Gasteiger partial charge in [-0.1, -0.05) is 19.1 Å². The summed E-state index contributed by atoms with van der Waals surface area (Å²) in [5.41, 5.74) is 2.51. The van der Waals surface area contributed by atoms with Gasteiger partial charge in [-0.2, -0.15) is 13.2 Å². The molecule has 0 saturated heterocycles. The molecule has 0 spiro atoms. The Kier molecular flexibility index (Phi) is 11.1. The molecule has 1 N–H and O–H groups in total. The highest BCUT2D eigenvalue weighted by Gasteiger charge is 2.30. The van der Waals surface area contributed by atoms with Crippen LogP contribution in [0.25, 0.3) is 11.3 Å². The molecule has 4 aromatic rings. The zero-order valence-electron chi connectivity index (χ0n) is 25.7. The summed E-state index contributed by atoms with van der Waals surface area (Å²) in [4.78, 5) is 14.4. The van der Waals surface area contributed by atoms with Crippen molar-refractivity contribution in [2.24, 2.45) is 0 Å². The van der Waals surface area contributed by atoms with Crippen LogP contribution in [-0.4, -0.2) is 43.3 Å². The third-order valence-electron chi connectivity index (χ3n) is 7.13. The minimum Gasteiger partial charge on any atom is -0.497 e. The number of ether oxygens (including phenoxy) is 3. The molecule has 1 heterocycles. The van der Waals surface area contributed by atoms with E-state index in [2.05, 4.69) is 4.90 Å². The van der Waals surface area contributed by atoms with Crippen molar-refractivity contribution in [3.63, 3.8) is 0 Å². The zero-order valence-corrected chi connectivity index (χ0v) is 26.6. The fourth-order valence-electron chi connectivity index (χ4n) is 4.73. The van der Waals surface area contributed by atoms with Crippen LogP contribution in [0.1, 0.15) is 41.4 Å². The molecule has 0 aliphatic rings. The number of nitrogens with zero attached hydrogens (tertiary/aromatic N) is 1. The van der Waals surface area contributed by atoms with Gasteiger partial charge in [0, 0.05) is 34.4 Å². The second-order valence-corrected chi connectivity index (χ2v) is 11.6. The molecule has 1 unspecified atom stereocenters. The molecule has 11 heteroatoms. The van der Waals surface area contributed by atoms with Crippen LogP contribution in [0.5, 0.6) is 17.2 Å². The Balaban J connectivity index is 1.57. The second-order valence-electron chi connectivity index (χ2n) is 10.6. The Morgan fingerprint density at radius 1 is 0.978 bits per heavy atom. The van der Waals surface area contributed by atoms with Crippen LogP contribution in [-0.2, 0) is 29.8 Å². The minimum atomic E-state index is -4.43. The van der Waals surface area contributed by atoms with E-state index in [9.17, 15) is 23.1 Å². The largest absolute Gasteiger partial charge is 0.497 e. The van der Waals surface area contributed by atoms with Crippen LogP contribution in [0.4, 0.5) is 13.2 Å². The lowest BCUT2D eigenvalue weighted by molar-refractivity contribution is -0.145. The lowest BCUT2D eigenvalue weighted by Gasteiger charge is -2.18. The van der Waals surface area contributed by atoms with Gasteiger partial charge >= 0.3 is 12.1 Å². The first kappa shape index (κ1) is 33.8. The van der Waals surface area contributed by atoms with Crippen molar-refractivity contribution in [1.82, 2.24) is 4.90 Å². The van der Waals surface area contributed by atoms with E-state index in [1.54, 1.807) is 45.0 Å². The van der Waals surface area contributed by atoms with Gasteiger partial charge in [0.15, 0.2) is 6.10 Å². The highest BCUT2D eigenvalue weighted by molar-refractivity contribution is 7.98. The maximum absolute atomic E-state index is 13.2. The smallest absolute Gasteiger partial charge is 0.416 e. The summed E-state index contributed by atoms with van der Waals surface area (Å²) in [5.74, 6) is 2.56. The summed E-state index contributed by atoms with van der Waals surface area (Å²) < 4.78 is 62.2. The Morgan fingerprint density at radius 3 is 2.20 bits per heavy atom. The van der Waals surface area contributed by atoms with Gasteiger partial charge < -0.3 is 23.7 Å². The first-order valence-electron chi connectivity index (χ1n) is 14.2. The van der Waals surface area contributed by atoms with Crippen molar-refractivity contribution in [3.05, 3.63) is 94.7 Å². The Labute approximate surface area is 264 Å². The van der Waals surface area contributed by atoms with E-state index in [0.717, 1.165) is 33.7 Å². The Hall–Kier alpha value is -4.09. The maximum Gasteiger partial charge on any atom is 0.416 e. The molecule has 3 aromatic carbocycles. The Bertz CT molecular complexity index is 1580. The van der Waals surface area contributed by atoms with Crippen LogP contribution in [0.2, 0.25) is 0 Å². The second kappa shape index (κ2) is 14.8. The zero-order chi connectivity index (χ0) is 32.7. The van der Waals surface area contributed by atoms with E-state index in [1.807, 2.05) is 44.3 Å². The SMILES string of the molecule is CCC(Oc1ccc(SCc2cc(-c3ccc(C(F)(F)F)cc3)oc2CN(C)Cc2cc(OC)cc(OC)c2)cc1C)C(=O)O. The molecule has 0 aliphatic carbocycles. The third kappa shape index (κ3) is 8.98. The average Bonchev–Trinajstić information content (AvgIpc) is 3.40. The number of hydrogen-bond acceptors (Lipinski definition) is 7. The van der Waals surface area contributed by atoms with Gasteiger partial charge in [0.2, 0.25) is 0 Å². The summed E-state index contributed by atoms with van der Waals surface area (Å²) in [6.45, 7) is 4.62. The van der Waals surface area contributed by atoms with E-state index in [-0.39, 0.29) is 0 Å². The van der Waals surface area contributed by atoms with Gasteiger partial charge in [0.1, 0.15) is 28.8 Å².